The van der Waals surface area contributed by atoms with E-state index in [1.54, 1.807) is 0 Å². The summed E-state index contributed by atoms with van der Waals surface area (Å²) in [5, 5.41) is 13.4. The van der Waals surface area contributed by atoms with Crippen LogP contribution in [0.25, 0.3) is 0 Å². The van der Waals surface area contributed by atoms with E-state index in [9.17, 15) is 19.3 Å². The zero-order valence-electron chi connectivity index (χ0n) is 11.6. The number of carbonyl (C=O) groups is 1. The highest BCUT2D eigenvalue weighted by atomic mass is 19.1. The molecule has 1 unspecified atom stereocenters. The van der Waals surface area contributed by atoms with Gasteiger partial charge < -0.3 is 16.0 Å². The molecular formula is C13H17FN4O3. The molecule has 8 heteroatoms. The van der Waals surface area contributed by atoms with Crippen LogP contribution < -0.4 is 11.1 Å². The number of nitrogens with one attached hydrogen (secondary N) is 1. The van der Waals surface area contributed by atoms with Crippen LogP contribution in [-0.2, 0) is 0 Å². The summed E-state index contributed by atoms with van der Waals surface area (Å²) >= 11 is 0. The smallest absolute Gasteiger partial charge is 0.293 e. The van der Waals surface area contributed by atoms with Crippen molar-refractivity contribution in [2.24, 2.45) is 5.92 Å². The fraction of sp³-hybridized carbons (Fsp3) is 0.462. The van der Waals surface area contributed by atoms with Crippen molar-refractivity contribution in [2.45, 2.75) is 6.42 Å². The number of halogens is 1. The van der Waals surface area contributed by atoms with Gasteiger partial charge in [-0.15, -0.1) is 0 Å². The molecule has 1 heterocycles. The number of amides is 1. The molecule has 1 amide bonds. The Morgan fingerprint density at radius 1 is 1.62 bits per heavy atom. The number of hydrogen-bond acceptors (Lipinski definition) is 5. The van der Waals surface area contributed by atoms with E-state index in [0.717, 1.165) is 31.6 Å². The molecule has 114 valence electrons. The molecule has 7 nitrogen and oxygen atoms in total. The number of nitrogen functional groups attached to an aromatic ring is 1. The van der Waals surface area contributed by atoms with E-state index in [2.05, 4.69) is 10.2 Å². The van der Waals surface area contributed by atoms with E-state index in [1.165, 1.54) is 0 Å². The Balaban J connectivity index is 2.11. The van der Waals surface area contributed by atoms with Gasteiger partial charge in [-0.3, -0.25) is 14.9 Å². The third-order valence-corrected chi connectivity index (χ3v) is 3.64. The molecule has 0 spiro atoms. The minimum atomic E-state index is -0.862. The Kier molecular flexibility index (Phi) is 4.37. The second kappa shape index (κ2) is 6.04. The van der Waals surface area contributed by atoms with Crippen molar-refractivity contribution in [3.05, 3.63) is 33.6 Å². The van der Waals surface area contributed by atoms with E-state index < -0.39 is 33.6 Å². The highest BCUT2D eigenvalue weighted by Gasteiger charge is 2.25. The summed E-state index contributed by atoms with van der Waals surface area (Å²) in [6.07, 6.45) is 0.948. The van der Waals surface area contributed by atoms with Crippen LogP contribution in [0.3, 0.4) is 0 Å². The molecular weight excluding hydrogens is 279 g/mol. The molecule has 1 fully saturated rings. The van der Waals surface area contributed by atoms with Crippen LogP contribution in [0, 0.1) is 21.8 Å². The van der Waals surface area contributed by atoms with E-state index in [-0.39, 0.29) is 0 Å². The summed E-state index contributed by atoms with van der Waals surface area (Å²) in [6, 6.07) is 1.83. The van der Waals surface area contributed by atoms with Crippen LogP contribution in [0.2, 0.25) is 0 Å². The lowest BCUT2D eigenvalue weighted by Gasteiger charge is -2.13. The summed E-state index contributed by atoms with van der Waals surface area (Å²) < 4.78 is 13.7. The lowest BCUT2D eigenvalue weighted by atomic mass is 10.1. The molecule has 3 N–H and O–H groups in total. The van der Waals surface area contributed by atoms with Gasteiger partial charge in [0.1, 0.15) is 17.1 Å². The third-order valence-electron chi connectivity index (χ3n) is 3.64. The number of nitrogens with zero attached hydrogens (tertiary/aromatic N) is 2. The topological polar surface area (TPSA) is 102 Å². The summed E-state index contributed by atoms with van der Waals surface area (Å²) in [7, 11) is 1.99. The Hall–Kier alpha value is -2.22. The maximum absolute atomic E-state index is 13.7. The number of hydrogen-bond donors (Lipinski definition) is 2. The standard InChI is InChI=1S/C13H17FN4O3/c1-17-5-4-8(7-17)6-16-13(19)11-9(14)2-3-10(12(11)15)18(20)21/h2-3,8H,4-7,15H2,1H3,(H,16,19). The van der Waals surface area contributed by atoms with Crippen molar-refractivity contribution < 1.29 is 14.1 Å². The lowest BCUT2D eigenvalue weighted by molar-refractivity contribution is -0.384. The second-order valence-corrected chi connectivity index (χ2v) is 5.24. The molecule has 1 aliphatic heterocycles. The first kappa shape index (κ1) is 15.2. The molecule has 1 aromatic rings. The summed E-state index contributed by atoms with van der Waals surface area (Å²) in [5.41, 5.74) is 4.16. The molecule has 0 bridgehead atoms. The van der Waals surface area contributed by atoms with Crippen LogP contribution >= 0.6 is 0 Å². The molecule has 2 rings (SSSR count). The monoisotopic (exact) mass is 296 g/mol. The number of carbonyl (C=O) groups excluding carboxylic acids is 1. The van der Waals surface area contributed by atoms with Crippen molar-refractivity contribution in [1.29, 1.82) is 0 Å². The zero-order chi connectivity index (χ0) is 15.6. The van der Waals surface area contributed by atoms with Crippen LogP contribution in [0.4, 0.5) is 15.8 Å². The number of nitro groups is 1. The SMILES string of the molecule is CN1CCC(CNC(=O)c2c(F)ccc([N+](=O)[O-])c2N)C1. The predicted octanol–water partition coefficient (Wildman–Crippen LogP) is 0.998. The minimum absolute atomic E-state index is 0.293. The Labute approximate surface area is 121 Å². The molecule has 1 saturated heterocycles. The minimum Gasteiger partial charge on any atom is -0.392 e. The third kappa shape index (κ3) is 3.27. The molecule has 0 saturated carbocycles. The van der Waals surface area contributed by atoms with Crippen molar-refractivity contribution >= 4 is 17.3 Å². The first-order valence-electron chi connectivity index (χ1n) is 6.59. The quantitative estimate of drug-likeness (QED) is 0.490. The van der Waals surface area contributed by atoms with Crippen molar-refractivity contribution in [1.82, 2.24) is 10.2 Å². The van der Waals surface area contributed by atoms with Gasteiger partial charge in [0.25, 0.3) is 11.6 Å². The second-order valence-electron chi connectivity index (χ2n) is 5.24. The van der Waals surface area contributed by atoms with E-state index in [4.69, 9.17) is 5.73 Å². The van der Waals surface area contributed by atoms with Gasteiger partial charge in [0.15, 0.2) is 0 Å². The number of rotatable bonds is 4. The highest BCUT2D eigenvalue weighted by Crippen LogP contribution is 2.27. The molecule has 1 atom stereocenters. The van der Waals surface area contributed by atoms with Crippen LogP contribution in [-0.4, -0.2) is 42.4 Å². The summed E-state index contributed by atoms with van der Waals surface area (Å²) in [5.74, 6) is -1.29. The van der Waals surface area contributed by atoms with Gasteiger partial charge in [-0.05, 0) is 32.0 Å². The molecule has 21 heavy (non-hydrogen) atoms. The number of benzene rings is 1. The Bertz CT molecular complexity index is 579. The largest absolute Gasteiger partial charge is 0.392 e. The first-order valence-corrected chi connectivity index (χ1v) is 6.59. The van der Waals surface area contributed by atoms with Crippen LogP contribution in [0.5, 0.6) is 0 Å². The normalized spacial score (nSPS) is 18.7. The predicted molar refractivity (Wildman–Crippen MR) is 75.4 cm³/mol. The average Bonchev–Trinajstić information content (AvgIpc) is 2.82. The Morgan fingerprint density at radius 2 is 2.33 bits per heavy atom. The summed E-state index contributed by atoms with van der Waals surface area (Å²) in [6.45, 7) is 2.20. The average molecular weight is 296 g/mol. The first-order chi connectivity index (χ1) is 9.90. The van der Waals surface area contributed by atoms with Gasteiger partial charge in [0.2, 0.25) is 0 Å². The van der Waals surface area contributed by atoms with Gasteiger partial charge in [-0.2, -0.15) is 0 Å². The fourth-order valence-electron chi connectivity index (χ4n) is 2.49. The molecule has 0 radical (unpaired) electrons. The molecule has 0 aromatic heterocycles. The van der Waals surface area contributed by atoms with Crippen molar-refractivity contribution in [3.8, 4) is 0 Å². The van der Waals surface area contributed by atoms with Gasteiger partial charge in [0.05, 0.1) is 4.92 Å². The molecule has 1 aliphatic rings. The van der Waals surface area contributed by atoms with Gasteiger partial charge in [-0.1, -0.05) is 0 Å². The number of nitro benzene ring substituents is 1. The molecule has 1 aromatic carbocycles. The fourth-order valence-corrected chi connectivity index (χ4v) is 2.49. The maximum atomic E-state index is 13.7. The summed E-state index contributed by atoms with van der Waals surface area (Å²) in [4.78, 5) is 24.2. The Morgan fingerprint density at radius 3 is 2.90 bits per heavy atom. The van der Waals surface area contributed by atoms with E-state index in [0.29, 0.717) is 12.5 Å². The van der Waals surface area contributed by atoms with E-state index >= 15 is 0 Å². The highest BCUT2D eigenvalue weighted by molar-refractivity contribution is 6.01. The van der Waals surface area contributed by atoms with Gasteiger partial charge in [-0.25, -0.2) is 4.39 Å². The number of likely N-dealkylation sites (tertiary alicyclic amines) is 1. The zero-order valence-corrected chi connectivity index (χ0v) is 11.6. The van der Waals surface area contributed by atoms with Crippen molar-refractivity contribution in [2.75, 3.05) is 32.4 Å². The van der Waals surface area contributed by atoms with Crippen LogP contribution in [0.15, 0.2) is 12.1 Å². The number of nitrogens with two attached hydrogens (primary N) is 1. The number of anilines is 1. The van der Waals surface area contributed by atoms with Crippen LogP contribution in [0.1, 0.15) is 16.8 Å². The molecule has 0 aliphatic carbocycles. The van der Waals surface area contributed by atoms with Crippen molar-refractivity contribution in [3.63, 3.8) is 0 Å². The lowest BCUT2D eigenvalue weighted by Crippen LogP contribution is -2.31. The van der Waals surface area contributed by atoms with E-state index in [1.807, 2.05) is 7.05 Å². The maximum Gasteiger partial charge on any atom is 0.293 e. The van der Waals surface area contributed by atoms with Gasteiger partial charge >= 0.3 is 0 Å². The van der Waals surface area contributed by atoms with Gasteiger partial charge in [0, 0.05) is 19.2 Å².